The standard InChI is InChI=1S/C22H25ClN2O6S2.CH4/c1-3-31-21(28)19(26)17-12-32-22(24-17)25-20(27)15(10-13-6-4-5-7-13)14-8-9-18(16(23)11-14)33(2,29)30;/h8-9,11-13,15H,3-7,10H2,1-2H3,(H,24,25,27);1H4. The van der Waals surface area contributed by atoms with Crippen LogP contribution < -0.4 is 5.32 Å². The molecular formula is C23H29ClN2O6S2. The van der Waals surface area contributed by atoms with E-state index in [1.165, 1.54) is 17.5 Å². The van der Waals surface area contributed by atoms with Gasteiger partial charge in [-0.1, -0.05) is 50.8 Å². The average Bonchev–Trinajstić information content (AvgIpc) is 3.42. The molecule has 1 aliphatic carbocycles. The molecule has 0 bridgehead atoms. The second-order valence-corrected chi connectivity index (χ2v) is 11.2. The number of nitrogens with zero attached hydrogens (tertiary/aromatic N) is 1. The number of thiazole rings is 1. The first-order chi connectivity index (χ1) is 15.6. The summed E-state index contributed by atoms with van der Waals surface area (Å²) in [5.41, 5.74) is 0.512. The molecule has 3 rings (SSSR count). The van der Waals surface area contributed by atoms with Crippen molar-refractivity contribution >= 4 is 55.6 Å². The number of hydrogen-bond donors (Lipinski definition) is 1. The van der Waals surface area contributed by atoms with Crippen LogP contribution in [0.25, 0.3) is 0 Å². The number of ether oxygens (including phenoxy) is 1. The van der Waals surface area contributed by atoms with Gasteiger partial charge in [0.1, 0.15) is 5.69 Å². The van der Waals surface area contributed by atoms with Gasteiger partial charge in [0, 0.05) is 11.6 Å². The monoisotopic (exact) mass is 528 g/mol. The Hall–Kier alpha value is -2.30. The number of carbonyl (C=O) groups is 3. The summed E-state index contributed by atoms with van der Waals surface area (Å²) in [5, 5.41) is 4.36. The number of Topliss-reactive ketones (excluding diaryl/α,β-unsaturated/α-hetero) is 1. The molecule has 0 saturated heterocycles. The highest BCUT2D eigenvalue weighted by Crippen LogP contribution is 2.36. The van der Waals surface area contributed by atoms with Crippen LogP contribution in [0.1, 0.15) is 68.4 Å². The van der Waals surface area contributed by atoms with Crippen LogP contribution in [0.4, 0.5) is 5.13 Å². The molecule has 1 atom stereocenters. The lowest BCUT2D eigenvalue weighted by Gasteiger charge is -2.20. The van der Waals surface area contributed by atoms with Crippen molar-refractivity contribution in [2.75, 3.05) is 18.2 Å². The minimum Gasteiger partial charge on any atom is -0.460 e. The van der Waals surface area contributed by atoms with Gasteiger partial charge in [0.25, 0.3) is 5.78 Å². The third-order valence-electron chi connectivity index (χ3n) is 5.55. The Morgan fingerprint density at radius 2 is 1.94 bits per heavy atom. The maximum Gasteiger partial charge on any atom is 0.381 e. The SMILES string of the molecule is C.CCOC(=O)C(=O)c1csc(NC(=O)C(CC2CCCC2)c2ccc(S(C)(=O)=O)c(Cl)c2)n1. The lowest BCUT2D eigenvalue weighted by molar-refractivity contribution is -0.137. The second-order valence-electron chi connectivity index (χ2n) is 7.98. The molecule has 34 heavy (non-hydrogen) atoms. The van der Waals surface area contributed by atoms with Crippen LogP contribution in [-0.2, 0) is 24.2 Å². The van der Waals surface area contributed by atoms with Crippen molar-refractivity contribution in [3.8, 4) is 0 Å². The van der Waals surface area contributed by atoms with Gasteiger partial charge < -0.3 is 10.1 Å². The fourth-order valence-electron chi connectivity index (χ4n) is 3.94. The summed E-state index contributed by atoms with van der Waals surface area (Å²) in [4.78, 5) is 41.0. The number of aromatic nitrogens is 1. The lowest BCUT2D eigenvalue weighted by Crippen LogP contribution is -2.23. The van der Waals surface area contributed by atoms with Gasteiger partial charge in [-0.2, -0.15) is 0 Å². The zero-order valence-corrected chi connectivity index (χ0v) is 20.7. The van der Waals surface area contributed by atoms with E-state index in [4.69, 9.17) is 16.3 Å². The van der Waals surface area contributed by atoms with Crippen LogP contribution in [0.3, 0.4) is 0 Å². The van der Waals surface area contributed by atoms with Crippen molar-refractivity contribution < 1.29 is 27.5 Å². The summed E-state index contributed by atoms with van der Waals surface area (Å²) in [6, 6.07) is 4.55. The Labute approximate surface area is 209 Å². The van der Waals surface area contributed by atoms with Gasteiger partial charge in [-0.15, -0.1) is 11.3 Å². The van der Waals surface area contributed by atoms with Gasteiger partial charge in [0.2, 0.25) is 5.91 Å². The quantitative estimate of drug-likeness (QED) is 0.279. The summed E-state index contributed by atoms with van der Waals surface area (Å²) in [7, 11) is -3.49. The smallest absolute Gasteiger partial charge is 0.381 e. The largest absolute Gasteiger partial charge is 0.460 e. The fourth-order valence-corrected chi connectivity index (χ4v) is 5.97. The van der Waals surface area contributed by atoms with E-state index in [0.29, 0.717) is 17.9 Å². The molecule has 1 aromatic carbocycles. The van der Waals surface area contributed by atoms with Crippen LogP contribution >= 0.6 is 22.9 Å². The van der Waals surface area contributed by atoms with Crippen LogP contribution in [0.15, 0.2) is 28.5 Å². The second kappa shape index (κ2) is 11.9. The van der Waals surface area contributed by atoms with Gasteiger partial charge in [-0.25, -0.2) is 18.2 Å². The van der Waals surface area contributed by atoms with E-state index >= 15 is 0 Å². The number of nitrogens with one attached hydrogen (secondary N) is 1. The Morgan fingerprint density at radius 3 is 2.53 bits per heavy atom. The number of ketones is 1. The molecule has 1 heterocycles. The Kier molecular flexibility index (Phi) is 9.78. The molecule has 1 aromatic heterocycles. The topological polar surface area (TPSA) is 119 Å². The molecule has 186 valence electrons. The highest BCUT2D eigenvalue weighted by Gasteiger charge is 2.29. The molecule has 11 heteroatoms. The predicted molar refractivity (Wildman–Crippen MR) is 132 cm³/mol. The van der Waals surface area contributed by atoms with E-state index in [1.807, 2.05) is 0 Å². The molecule has 1 fully saturated rings. The van der Waals surface area contributed by atoms with Crippen LogP contribution in [-0.4, -0.2) is 43.9 Å². The van der Waals surface area contributed by atoms with E-state index in [9.17, 15) is 22.8 Å². The summed E-state index contributed by atoms with van der Waals surface area (Å²) < 4.78 is 28.5. The Bertz CT molecular complexity index is 1160. The molecule has 2 aromatic rings. The number of benzene rings is 1. The normalized spacial score (nSPS) is 14.8. The average molecular weight is 529 g/mol. The summed E-state index contributed by atoms with van der Waals surface area (Å²) >= 11 is 7.26. The molecule has 0 radical (unpaired) electrons. The summed E-state index contributed by atoms with van der Waals surface area (Å²) in [6.07, 6.45) is 5.93. The highest BCUT2D eigenvalue weighted by molar-refractivity contribution is 7.90. The Morgan fingerprint density at radius 1 is 1.26 bits per heavy atom. The third kappa shape index (κ3) is 6.86. The van der Waals surface area contributed by atoms with Gasteiger partial charge in [0.05, 0.1) is 22.4 Å². The van der Waals surface area contributed by atoms with Gasteiger partial charge >= 0.3 is 5.97 Å². The van der Waals surface area contributed by atoms with Crippen molar-refractivity contribution in [1.82, 2.24) is 4.98 Å². The predicted octanol–water partition coefficient (Wildman–Crippen LogP) is 4.88. The lowest BCUT2D eigenvalue weighted by atomic mass is 9.87. The van der Waals surface area contributed by atoms with Crippen molar-refractivity contribution in [3.63, 3.8) is 0 Å². The summed E-state index contributed by atoms with van der Waals surface area (Å²) in [5.74, 6) is -2.42. The number of sulfone groups is 1. The molecule has 0 aliphatic heterocycles. The van der Waals surface area contributed by atoms with E-state index in [-0.39, 0.29) is 40.7 Å². The zero-order valence-electron chi connectivity index (χ0n) is 18.3. The van der Waals surface area contributed by atoms with Crippen LogP contribution in [0, 0.1) is 5.92 Å². The minimum atomic E-state index is -3.49. The summed E-state index contributed by atoms with van der Waals surface area (Å²) in [6.45, 7) is 1.67. The molecule has 1 saturated carbocycles. The number of amides is 1. The third-order valence-corrected chi connectivity index (χ3v) is 7.88. The minimum absolute atomic E-state index is 0. The van der Waals surface area contributed by atoms with Crippen molar-refractivity contribution in [1.29, 1.82) is 0 Å². The number of hydrogen-bond acceptors (Lipinski definition) is 8. The molecule has 1 N–H and O–H groups in total. The van der Waals surface area contributed by atoms with Crippen molar-refractivity contribution in [3.05, 3.63) is 39.9 Å². The molecule has 1 unspecified atom stereocenters. The maximum atomic E-state index is 13.2. The van der Waals surface area contributed by atoms with Crippen molar-refractivity contribution in [2.24, 2.45) is 5.92 Å². The Balaban J connectivity index is 0.00000408. The fraction of sp³-hybridized carbons (Fsp3) is 0.478. The first-order valence-electron chi connectivity index (χ1n) is 10.6. The van der Waals surface area contributed by atoms with Gasteiger partial charge in [-0.05, 0) is 37.0 Å². The van der Waals surface area contributed by atoms with E-state index in [0.717, 1.165) is 43.3 Å². The van der Waals surface area contributed by atoms with Crippen LogP contribution in [0.2, 0.25) is 5.02 Å². The first-order valence-corrected chi connectivity index (χ1v) is 13.7. The van der Waals surface area contributed by atoms with Gasteiger partial charge in [0.15, 0.2) is 15.0 Å². The zero-order chi connectivity index (χ0) is 24.2. The van der Waals surface area contributed by atoms with Crippen molar-refractivity contribution in [2.45, 2.75) is 57.3 Å². The molecule has 1 amide bonds. The van der Waals surface area contributed by atoms with Crippen LogP contribution in [0.5, 0.6) is 0 Å². The maximum absolute atomic E-state index is 13.2. The highest BCUT2D eigenvalue weighted by atomic mass is 35.5. The number of carbonyl (C=O) groups excluding carboxylic acids is 3. The van der Waals surface area contributed by atoms with E-state index in [1.54, 1.807) is 13.0 Å². The number of esters is 1. The molecule has 1 aliphatic rings. The number of anilines is 1. The molecular weight excluding hydrogens is 500 g/mol. The molecule has 8 nitrogen and oxygen atoms in total. The first kappa shape index (κ1) is 27.9. The molecule has 0 spiro atoms. The van der Waals surface area contributed by atoms with E-state index < -0.39 is 27.5 Å². The van der Waals surface area contributed by atoms with E-state index in [2.05, 4.69) is 10.3 Å². The number of halogens is 1. The number of rotatable bonds is 9. The van der Waals surface area contributed by atoms with Gasteiger partial charge in [-0.3, -0.25) is 9.59 Å².